The van der Waals surface area contributed by atoms with Crippen LogP contribution >= 0.6 is 0 Å². The highest BCUT2D eigenvalue weighted by Crippen LogP contribution is 2.11. The molecule has 1 unspecified atom stereocenters. The molecule has 0 aliphatic carbocycles. The lowest BCUT2D eigenvalue weighted by atomic mass is 10.1. The van der Waals surface area contributed by atoms with E-state index in [1.165, 1.54) is 19.4 Å². The van der Waals surface area contributed by atoms with E-state index in [2.05, 4.69) is 26.7 Å². The molecular weight excluding hydrogens is 238 g/mol. The Kier molecular flexibility index (Phi) is 5.54. The Hall–Kier alpha value is -1.20. The summed E-state index contributed by atoms with van der Waals surface area (Å²) in [5.41, 5.74) is 5.64. The summed E-state index contributed by atoms with van der Waals surface area (Å²) in [6.07, 6.45) is 6.10. The number of nitrogens with zero attached hydrogens (tertiary/aromatic N) is 4. The number of nitrogens with two attached hydrogens (primary N) is 1. The smallest absolute Gasteiger partial charge is 0.225 e. The van der Waals surface area contributed by atoms with Gasteiger partial charge in [0.25, 0.3) is 0 Å². The van der Waals surface area contributed by atoms with Crippen LogP contribution in [0.3, 0.4) is 0 Å². The molecule has 0 amide bonds. The van der Waals surface area contributed by atoms with Gasteiger partial charge in [0.1, 0.15) is 0 Å². The quantitative estimate of drug-likeness (QED) is 0.829. The first-order chi connectivity index (χ1) is 9.29. The van der Waals surface area contributed by atoms with E-state index in [4.69, 9.17) is 5.73 Å². The van der Waals surface area contributed by atoms with Crippen molar-refractivity contribution in [2.24, 2.45) is 11.7 Å². The summed E-state index contributed by atoms with van der Waals surface area (Å²) in [6, 6.07) is 1.86. The summed E-state index contributed by atoms with van der Waals surface area (Å²) in [6.45, 7) is 8.48. The third-order valence-corrected chi connectivity index (χ3v) is 3.78. The standard InChI is InChI=1S/C14H25N5/c1-13(12-15)4-2-7-18-8-10-19(11-9-18)14-16-5-3-6-17-14/h3,5-6,13H,2,4,7-12,15H2,1H3. The third-order valence-electron chi connectivity index (χ3n) is 3.78. The van der Waals surface area contributed by atoms with E-state index in [1.54, 1.807) is 0 Å². The molecule has 1 fully saturated rings. The van der Waals surface area contributed by atoms with E-state index in [0.29, 0.717) is 5.92 Å². The van der Waals surface area contributed by atoms with Crippen LogP contribution in [0.5, 0.6) is 0 Å². The maximum Gasteiger partial charge on any atom is 0.225 e. The van der Waals surface area contributed by atoms with Gasteiger partial charge in [-0.15, -0.1) is 0 Å². The average Bonchev–Trinajstić information content (AvgIpc) is 2.48. The van der Waals surface area contributed by atoms with Gasteiger partial charge in [0.2, 0.25) is 5.95 Å². The number of piperazine rings is 1. The molecule has 1 aromatic rings. The molecule has 1 aliphatic heterocycles. The number of hydrogen-bond donors (Lipinski definition) is 1. The molecule has 0 bridgehead atoms. The normalized spacial score (nSPS) is 18.5. The van der Waals surface area contributed by atoms with Gasteiger partial charge in [-0.2, -0.15) is 0 Å². The van der Waals surface area contributed by atoms with Gasteiger partial charge in [-0.25, -0.2) is 9.97 Å². The molecule has 1 atom stereocenters. The minimum absolute atomic E-state index is 0.652. The Bertz CT molecular complexity index is 348. The van der Waals surface area contributed by atoms with Crippen molar-refractivity contribution in [2.75, 3.05) is 44.2 Å². The van der Waals surface area contributed by atoms with Crippen LogP contribution in [-0.4, -0.2) is 54.1 Å². The zero-order valence-electron chi connectivity index (χ0n) is 11.8. The fourth-order valence-electron chi connectivity index (χ4n) is 2.41. The topological polar surface area (TPSA) is 58.3 Å². The second-order valence-corrected chi connectivity index (χ2v) is 5.36. The molecule has 19 heavy (non-hydrogen) atoms. The molecule has 1 aromatic heterocycles. The lowest BCUT2D eigenvalue weighted by molar-refractivity contribution is 0.247. The van der Waals surface area contributed by atoms with Crippen LogP contribution in [0, 0.1) is 5.92 Å². The molecule has 2 heterocycles. The van der Waals surface area contributed by atoms with Crippen molar-refractivity contribution in [1.29, 1.82) is 0 Å². The Labute approximate surface area is 115 Å². The van der Waals surface area contributed by atoms with E-state index in [-0.39, 0.29) is 0 Å². The van der Waals surface area contributed by atoms with Crippen LogP contribution in [0.2, 0.25) is 0 Å². The van der Waals surface area contributed by atoms with Crippen molar-refractivity contribution in [3.05, 3.63) is 18.5 Å². The highest BCUT2D eigenvalue weighted by atomic mass is 15.3. The zero-order chi connectivity index (χ0) is 13.5. The lowest BCUT2D eigenvalue weighted by Crippen LogP contribution is -2.47. The first-order valence-corrected chi connectivity index (χ1v) is 7.24. The lowest BCUT2D eigenvalue weighted by Gasteiger charge is -2.34. The highest BCUT2D eigenvalue weighted by Gasteiger charge is 2.18. The summed E-state index contributed by atoms with van der Waals surface area (Å²) in [5.74, 6) is 1.51. The molecule has 106 valence electrons. The Morgan fingerprint density at radius 1 is 1.21 bits per heavy atom. The Morgan fingerprint density at radius 3 is 2.53 bits per heavy atom. The fourth-order valence-corrected chi connectivity index (χ4v) is 2.41. The van der Waals surface area contributed by atoms with E-state index in [9.17, 15) is 0 Å². The van der Waals surface area contributed by atoms with E-state index < -0.39 is 0 Å². The van der Waals surface area contributed by atoms with Gasteiger partial charge in [-0.05, 0) is 37.9 Å². The van der Waals surface area contributed by atoms with Gasteiger partial charge < -0.3 is 10.6 Å². The number of aromatic nitrogens is 2. The van der Waals surface area contributed by atoms with E-state index in [0.717, 1.165) is 38.7 Å². The second-order valence-electron chi connectivity index (χ2n) is 5.36. The van der Waals surface area contributed by atoms with Gasteiger partial charge in [0.05, 0.1) is 0 Å². The van der Waals surface area contributed by atoms with Crippen LogP contribution in [-0.2, 0) is 0 Å². The number of hydrogen-bond acceptors (Lipinski definition) is 5. The second kappa shape index (κ2) is 7.40. The van der Waals surface area contributed by atoms with Crippen molar-refractivity contribution in [2.45, 2.75) is 19.8 Å². The molecule has 5 nitrogen and oxygen atoms in total. The third kappa shape index (κ3) is 4.44. The molecule has 0 radical (unpaired) electrons. The summed E-state index contributed by atoms with van der Waals surface area (Å²) in [4.78, 5) is 13.4. The van der Waals surface area contributed by atoms with Gasteiger partial charge in [-0.1, -0.05) is 6.92 Å². The van der Waals surface area contributed by atoms with Gasteiger partial charge in [0, 0.05) is 38.6 Å². The molecular formula is C14H25N5. The molecule has 1 saturated heterocycles. The van der Waals surface area contributed by atoms with Crippen molar-refractivity contribution in [3.8, 4) is 0 Å². The molecule has 5 heteroatoms. The van der Waals surface area contributed by atoms with Crippen LogP contribution < -0.4 is 10.6 Å². The first-order valence-electron chi connectivity index (χ1n) is 7.24. The van der Waals surface area contributed by atoms with Crippen LogP contribution in [0.15, 0.2) is 18.5 Å². The number of anilines is 1. The Balaban J connectivity index is 1.68. The maximum atomic E-state index is 5.64. The molecule has 0 aromatic carbocycles. The summed E-state index contributed by atoms with van der Waals surface area (Å²) in [5, 5.41) is 0. The molecule has 2 N–H and O–H groups in total. The Morgan fingerprint density at radius 2 is 1.89 bits per heavy atom. The van der Waals surface area contributed by atoms with Crippen molar-refractivity contribution in [3.63, 3.8) is 0 Å². The SMILES string of the molecule is CC(CN)CCCN1CCN(c2ncccn2)CC1. The van der Waals surface area contributed by atoms with Crippen LogP contribution in [0.1, 0.15) is 19.8 Å². The molecule has 0 saturated carbocycles. The average molecular weight is 263 g/mol. The maximum absolute atomic E-state index is 5.64. The summed E-state index contributed by atoms with van der Waals surface area (Å²) in [7, 11) is 0. The molecule has 0 spiro atoms. The highest BCUT2D eigenvalue weighted by molar-refractivity contribution is 5.29. The minimum atomic E-state index is 0.652. The molecule has 1 aliphatic rings. The van der Waals surface area contributed by atoms with Crippen molar-refractivity contribution >= 4 is 5.95 Å². The van der Waals surface area contributed by atoms with Crippen LogP contribution in [0.25, 0.3) is 0 Å². The van der Waals surface area contributed by atoms with Gasteiger partial charge in [0.15, 0.2) is 0 Å². The monoisotopic (exact) mass is 263 g/mol. The van der Waals surface area contributed by atoms with Gasteiger partial charge in [-0.3, -0.25) is 4.90 Å². The number of rotatable bonds is 6. The fraction of sp³-hybridized carbons (Fsp3) is 0.714. The van der Waals surface area contributed by atoms with Crippen molar-refractivity contribution < 1.29 is 0 Å². The summed E-state index contributed by atoms with van der Waals surface area (Å²) >= 11 is 0. The van der Waals surface area contributed by atoms with E-state index >= 15 is 0 Å². The van der Waals surface area contributed by atoms with Crippen LogP contribution in [0.4, 0.5) is 5.95 Å². The predicted octanol–water partition coefficient (Wildman–Crippen LogP) is 0.974. The predicted molar refractivity (Wildman–Crippen MR) is 78.1 cm³/mol. The van der Waals surface area contributed by atoms with E-state index in [1.807, 2.05) is 18.5 Å². The summed E-state index contributed by atoms with van der Waals surface area (Å²) < 4.78 is 0. The van der Waals surface area contributed by atoms with Gasteiger partial charge >= 0.3 is 0 Å². The first kappa shape index (κ1) is 14.2. The molecule has 2 rings (SSSR count). The minimum Gasteiger partial charge on any atom is -0.338 e. The largest absolute Gasteiger partial charge is 0.338 e. The zero-order valence-corrected chi connectivity index (χ0v) is 11.8. The van der Waals surface area contributed by atoms with Crippen molar-refractivity contribution in [1.82, 2.24) is 14.9 Å².